The van der Waals surface area contributed by atoms with E-state index in [1.165, 1.54) is 18.0 Å². The van der Waals surface area contributed by atoms with Gasteiger partial charge in [0, 0.05) is 4.90 Å². The van der Waals surface area contributed by atoms with Crippen LogP contribution in [-0.4, -0.2) is 15.9 Å². The number of thioether (sulfide) groups is 1. The quantitative estimate of drug-likeness (QED) is 0.631. The lowest BCUT2D eigenvalue weighted by Crippen LogP contribution is -2.19. The van der Waals surface area contributed by atoms with Crippen molar-refractivity contribution in [2.45, 2.75) is 10.1 Å². The third-order valence-electron chi connectivity index (χ3n) is 3.21. The minimum Gasteiger partial charge on any atom is -0.308 e. The topological polar surface area (TPSA) is 54.9 Å². The van der Waals surface area contributed by atoms with Crippen LogP contribution in [0.2, 0.25) is 0 Å². The minimum atomic E-state index is -0.376. The molecule has 24 heavy (non-hydrogen) atoms. The van der Waals surface area contributed by atoms with Gasteiger partial charge in [0.1, 0.15) is 9.85 Å². The summed E-state index contributed by atoms with van der Waals surface area (Å²) in [7, 11) is 0. The number of rotatable bonds is 5. The average molecular weight is 400 g/mol. The Morgan fingerprint density at radius 3 is 2.25 bits per heavy atom. The third-order valence-corrected chi connectivity index (χ3v) is 4.88. The van der Waals surface area contributed by atoms with Gasteiger partial charge < -0.3 is 5.32 Å². The second-order valence-electron chi connectivity index (χ2n) is 4.94. The van der Waals surface area contributed by atoms with E-state index in [0.717, 1.165) is 10.5 Å². The van der Waals surface area contributed by atoms with E-state index in [2.05, 4.69) is 31.2 Å². The van der Waals surface area contributed by atoms with Crippen molar-refractivity contribution in [3.05, 3.63) is 83.2 Å². The zero-order valence-corrected chi connectivity index (χ0v) is 15.0. The molecular weight excluding hydrogens is 386 g/mol. The van der Waals surface area contributed by atoms with Crippen molar-refractivity contribution in [2.24, 2.45) is 0 Å². The normalized spacial score (nSPS) is 11.7. The maximum atomic E-state index is 12.8. The predicted octanol–water partition coefficient (Wildman–Crippen LogP) is 4.71. The molecule has 0 bridgehead atoms. The first-order valence-electron chi connectivity index (χ1n) is 7.27. The molecule has 3 rings (SSSR count). The highest BCUT2D eigenvalue weighted by molar-refractivity contribution is 9.10. The summed E-state index contributed by atoms with van der Waals surface area (Å²) in [6.45, 7) is 0. The Bertz CT molecular complexity index is 798. The number of carbonyl (C=O) groups is 1. The third kappa shape index (κ3) is 4.43. The maximum Gasteiger partial charge on any atom is 0.243 e. The Morgan fingerprint density at radius 1 is 0.958 bits per heavy atom. The SMILES string of the molecule is O=C(Nc1cnc(Br)cn1)C(Sc1ccccc1)c1ccccc1. The largest absolute Gasteiger partial charge is 0.308 e. The van der Waals surface area contributed by atoms with E-state index in [0.29, 0.717) is 10.4 Å². The highest BCUT2D eigenvalue weighted by Crippen LogP contribution is 2.35. The fourth-order valence-corrected chi connectivity index (χ4v) is 3.35. The molecule has 0 aliphatic rings. The van der Waals surface area contributed by atoms with Crippen LogP contribution in [0.3, 0.4) is 0 Å². The lowest BCUT2D eigenvalue weighted by Gasteiger charge is -2.16. The molecule has 0 radical (unpaired) electrons. The fraction of sp³-hybridized carbons (Fsp3) is 0.0556. The molecule has 0 fully saturated rings. The molecule has 1 heterocycles. The molecule has 1 unspecified atom stereocenters. The molecule has 1 N–H and O–H groups in total. The first-order chi connectivity index (χ1) is 11.7. The van der Waals surface area contributed by atoms with Crippen molar-refractivity contribution >= 4 is 39.4 Å². The number of aromatic nitrogens is 2. The summed E-state index contributed by atoms with van der Waals surface area (Å²) in [6, 6.07) is 19.6. The molecule has 0 saturated carbocycles. The van der Waals surface area contributed by atoms with Crippen LogP contribution >= 0.6 is 27.7 Å². The summed E-state index contributed by atoms with van der Waals surface area (Å²) >= 11 is 4.73. The van der Waals surface area contributed by atoms with Crippen LogP contribution in [0.25, 0.3) is 0 Å². The van der Waals surface area contributed by atoms with Crippen LogP contribution < -0.4 is 5.32 Å². The van der Waals surface area contributed by atoms with E-state index >= 15 is 0 Å². The number of amides is 1. The first-order valence-corrected chi connectivity index (χ1v) is 8.95. The summed E-state index contributed by atoms with van der Waals surface area (Å²) in [5.74, 6) is 0.296. The lowest BCUT2D eigenvalue weighted by molar-refractivity contribution is -0.115. The van der Waals surface area contributed by atoms with Gasteiger partial charge in [-0.15, -0.1) is 11.8 Å². The van der Waals surface area contributed by atoms with Gasteiger partial charge in [-0.05, 0) is 33.6 Å². The van der Waals surface area contributed by atoms with Gasteiger partial charge in [-0.1, -0.05) is 48.5 Å². The van der Waals surface area contributed by atoms with Gasteiger partial charge in [-0.3, -0.25) is 4.79 Å². The molecule has 0 aliphatic carbocycles. The summed E-state index contributed by atoms with van der Waals surface area (Å²) < 4.78 is 0.624. The summed E-state index contributed by atoms with van der Waals surface area (Å²) in [4.78, 5) is 22.1. The van der Waals surface area contributed by atoms with Gasteiger partial charge in [0.05, 0.1) is 12.4 Å². The Kier molecular flexibility index (Phi) is 5.61. The van der Waals surface area contributed by atoms with Gasteiger partial charge in [-0.2, -0.15) is 0 Å². The molecule has 0 aliphatic heterocycles. The monoisotopic (exact) mass is 399 g/mol. The van der Waals surface area contributed by atoms with E-state index in [1.54, 1.807) is 6.20 Å². The zero-order chi connectivity index (χ0) is 16.8. The molecule has 1 aromatic heterocycles. The summed E-state index contributed by atoms with van der Waals surface area (Å²) in [5.41, 5.74) is 0.939. The highest BCUT2D eigenvalue weighted by atomic mass is 79.9. The molecule has 3 aromatic rings. The van der Waals surface area contributed by atoms with E-state index in [4.69, 9.17) is 0 Å². The smallest absolute Gasteiger partial charge is 0.243 e. The summed E-state index contributed by atoms with van der Waals surface area (Å²) in [6.07, 6.45) is 3.08. The second kappa shape index (κ2) is 8.08. The molecule has 1 amide bonds. The number of halogens is 1. The van der Waals surface area contributed by atoms with Crippen LogP contribution in [0.5, 0.6) is 0 Å². The van der Waals surface area contributed by atoms with Crippen molar-refractivity contribution in [1.82, 2.24) is 9.97 Å². The second-order valence-corrected chi connectivity index (χ2v) is 6.93. The van der Waals surface area contributed by atoms with Crippen molar-refractivity contribution in [2.75, 3.05) is 5.32 Å². The van der Waals surface area contributed by atoms with Gasteiger partial charge in [0.15, 0.2) is 5.82 Å². The number of nitrogens with one attached hydrogen (secondary N) is 1. The standard InChI is InChI=1S/C18H14BrN3OS/c19-15-11-21-16(12-20-15)22-18(23)17(13-7-3-1-4-8-13)24-14-9-5-2-6-10-14/h1-12,17H,(H,21,22,23). The van der Waals surface area contributed by atoms with E-state index in [9.17, 15) is 4.79 Å². The van der Waals surface area contributed by atoms with Crippen molar-refractivity contribution in [3.8, 4) is 0 Å². The molecule has 4 nitrogen and oxygen atoms in total. The zero-order valence-electron chi connectivity index (χ0n) is 12.6. The maximum absolute atomic E-state index is 12.8. The van der Waals surface area contributed by atoms with Crippen LogP contribution in [0.1, 0.15) is 10.8 Å². The number of hydrogen-bond donors (Lipinski definition) is 1. The van der Waals surface area contributed by atoms with Crippen LogP contribution in [0, 0.1) is 0 Å². The summed E-state index contributed by atoms with van der Waals surface area (Å²) in [5, 5.41) is 2.46. The minimum absolute atomic E-state index is 0.133. The van der Waals surface area contributed by atoms with Crippen molar-refractivity contribution < 1.29 is 4.79 Å². The van der Waals surface area contributed by atoms with Crippen molar-refractivity contribution in [3.63, 3.8) is 0 Å². The highest BCUT2D eigenvalue weighted by Gasteiger charge is 2.22. The molecule has 120 valence electrons. The Labute approximate surface area is 152 Å². The fourth-order valence-electron chi connectivity index (χ4n) is 2.10. The van der Waals surface area contributed by atoms with E-state index < -0.39 is 0 Å². The van der Waals surface area contributed by atoms with E-state index in [1.807, 2.05) is 60.7 Å². The first kappa shape index (κ1) is 16.7. The van der Waals surface area contributed by atoms with Crippen LogP contribution in [-0.2, 0) is 4.79 Å². The molecule has 0 saturated heterocycles. The van der Waals surface area contributed by atoms with Gasteiger partial charge in [0.25, 0.3) is 0 Å². The van der Waals surface area contributed by atoms with Crippen LogP contribution in [0.15, 0.2) is 82.6 Å². The number of anilines is 1. The molecule has 0 spiro atoms. The lowest BCUT2D eigenvalue weighted by atomic mass is 10.1. The average Bonchev–Trinajstić information content (AvgIpc) is 2.63. The van der Waals surface area contributed by atoms with Gasteiger partial charge in [0.2, 0.25) is 5.91 Å². The number of hydrogen-bond acceptors (Lipinski definition) is 4. The Balaban J connectivity index is 1.83. The molecule has 1 atom stereocenters. The van der Waals surface area contributed by atoms with Gasteiger partial charge in [-0.25, -0.2) is 9.97 Å². The van der Waals surface area contributed by atoms with E-state index in [-0.39, 0.29) is 11.2 Å². The van der Waals surface area contributed by atoms with Crippen molar-refractivity contribution in [1.29, 1.82) is 0 Å². The Hall–Kier alpha value is -2.18. The predicted molar refractivity (Wildman–Crippen MR) is 99.8 cm³/mol. The number of carbonyl (C=O) groups excluding carboxylic acids is 1. The molecule has 6 heteroatoms. The van der Waals surface area contributed by atoms with Gasteiger partial charge >= 0.3 is 0 Å². The van der Waals surface area contributed by atoms with Crippen LogP contribution in [0.4, 0.5) is 5.82 Å². The molecule has 2 aromatic carbocycles. The number of nitrogens with zero attached hydrogens (tertiary/aromatic N) is 2. The molecular formula is C18H14BrN3OS. The number of benzene rings is 2. The Morgan fingerprint density at radius 2 is 1.62 bits per heavy atom.